The van der Waals surface area contributed by atoms with Crippen molar-refractivity contribution in [2.45, 2.75) is 24.3 Å². The third kappa shape index (κ3) is 3.75. The Morgan fingerprint density at radius 2 is 2.32 bits per heavy atom. The number of nitrogens with one attached hydrogen (secondary N) is 1. The molecule has 5 nitrogen and oxygen atoms in total. The molecule has 0 saturated heterocycles. The predicted octanol–water partition coefficient (Wildman–Crippen LogP) is 2.68. The maximum absolute atomic E-state index is 12.0. The summed E-state index contributed by atoms with van der Waals surface area (Å²) in [6.07, 6.45) is 1.56. The first kappa shape index (κ1) is 13.5. The van der Waals surface area contributed by atoms with Crippen molar-refractivity contribution in [1.29, 1.82) is 0 Å². The van der Waals surface area contributed by atoms with E-state index < -0.39 is 0 Å². The highest BCUT2D eigenvalue weighted by molar-refractivity contribution is 8.00. The predicted molar refractivity (Wildman–Crippen MR) is 76.0 cm³/mol. The zero-order chi connectivity index (χ0) is 13.8. The number of nitrogen functional groups attached to an aromatic ring is 1. The molecular formula is C13H15N3O2S. The molecule has 1 heterocycles. The molecule has 0 aliphatic carbocycles. The van der Waals surface area contributed by atoms with E-state index in [4.69, 9.17) is 10.2 Å². The highest BCUT2D eigenvalue weighted by atomic mass is 32.2. The van der Waals surface area contributed by atoms with Gasteiger partial charge in [-0.05, 0) is 32.0 Å². The lowest BCUT2D eigenvalue weighted by molar-refractivity contribution is -0.115. The van der Waals surface area contributed by atoms with Crippen LogP contribution in [0.3, 0.4) is 0 Å². The average Bonchev–Trinajstić information content (AvgIpc) is 2.74. The van der Waals surface area contributed by atoms with Gasteiger partial charge in [0.05, 0.1) is 10.9 Å². The van der Waals surface area contributed by atoms with E-state index in [1.54, 1.807) is 37.5 Å². The lowest BCUT2D eigenvalue weighted by Crippen LogP contribution is -2.22. The molecule has 1 atom stereocenters. The van der Waals surface area contributed by atoms with E-state index in [9.17, 15) is 4.79 Å². The Labute approximate surface area is 115 Å². The van der Waals surface area contributed by atoms with Gasteiger partial charge in [-0.3, -0.25) is 4.79 Å². The molecule has 1 amide bonds. The molecule has 2 aromatic rings. The van der Waals surface area contributed by atoms with Crippen LogP contribution in [0.15, 0.2) is 40.2 Å². The molecule has 0 bridgehead atoms. The molecular weight excluding hydrogens is 262 g/mol. The first-order valence-electron chi connectivity index (χ1n) is 5.80. The summed E-state index contributed by atoms with van der Waals surface area (Å²) in [5.74, 6) is -0.119. The normalized spacial score (nSPS) is 12.1. The number of nitrogens with zero attached hydrogens (tertiary/aromatic N) is 1. The van der Waals surface area contributed by atoms with Gasteiger partial charge < -0.3 is 15.5 Å². The first-order chi connectivity index (χ1) is 9.04. The van der Waals surface area contributed by atoms with Crippen LogP contribution in [0.2, 0.25) is 0 Å². The van der Waals surface area contributed by atoms with Crippen molar-refractivity contribution in [3.8, 4) is 0 Å². The number of benzene rings is 1. The summed E-state index contributed by atoms with van der Waals surface area (Å²) >= 11 is 1.27. The molecule has 0 fully saturated rings. The van der Waals surface area contributed by atoms with Gasteiger partial charge in [0.25, 0.3) is 5.22 Å². The van der Waals surface area contributed by atoms with Crippen molar-refractivity contribution in [1.82, 2.24) is 4.98 Å². The Morgan fingerprint density at radius 1 is 1.53 bits per heavy atom. The monoisotopic (exact) mass is 277 g/mol. The summed E-state index contributed by atoms with van der Waals surface area (Å²) in [7, 11) is 0. The zero-order valence-corrected chi connectivity index (χ0v) is 11.5. The maximum Gasteiger partial charge on any atom is 0.256 e. The number of oxazole rings is 1. The molecule has 19 heavy (non-hydrogen) atoms. The van der Waals surface area contributed by atoms with Crippen molar-refractivity contribution >= 4 is 29.0 Å². The van der Waals surface area contributed by atoms with Crippen LogP contribution in [0.1, 0.15) is 12.6 Å². The molecule has 1 aromatic heterocycles. The molecule has 0 aliphatic rings. The number of aryl methyl sites for hydroxylation is 1. The molecule has 3 N–H and O–H groups in total. The molecule has 0 radical (unpaired) electrons. The first-order valence-corrected chi connectivity index (χ1v) is 6.68. The van der Waals surface area contributed by atoms with E-state index in [0.29, 0.717) is 16.6 Å². The Kier molecular flexibility index (Phi) is 4.11. The van der Waals surface area contributed by atoms with Gasteiger partial charge in [0, 0.05) is 11.4 Å². The number of hydrogen-bond acceptors (Lipinski definition) is 5. The number of amides is 1. The fraction of sp³-hybridized carbons (Fsp3) is 0.231. The highest BCUT2D eigenvalue weighted by Gasteiger charge is 2.17. The molecule has 2 rings (SSSR count). The second-order valence-electron chi connectivity index (χ2n) is 4.13. The van der Waals surface area contributed by atoms with Gasteiger partial charge in [0.2, 0.25) is 5.91 Å². The number of nitrogens with two attached hydrogens (primary N) is 1. The summed E-state index contributed by atoms with van der Waals surface area (Å²) in [6, 6.07) is 7.06. The second-order valence-corrected chi connectivity index (χ2v) is 5.42. The van der Waals surface area contributed by atoms with Crippen molar-refractivity contribution in [2.24, 2.45) is 0 Å². The van der Waals surface area contributed by atoms with Crippen LogP contribution < -0.4 is 11.1 Å². The summed E-state index contributed by atoms with van der Waals surface area (Å²) in [4.78, 5) is 16.1. The third-order valence-electron chi connectivity index (χ3n) is 2.40. The second kappa shape index (κ2) is 5.79. The van der Waals surface area contributed by atoms with E-state index >= 15 is 0 Å². The lowest BCUT2D eigenvalue weighted by atomic mass is 10.3. The van der Waals surface area contributed by atoms with Gasteiger partial charge in [-0.2, -0.15) is 0 Å². The van der Waals surface area contributed by atoms with Gasteiger partial charge in [0.1, 0.15) is 6.26 Å². The summed E-state index contributed by atoms with van der Waals surface area (Å²) in [6.45, 7) is 3.64. The van der Waals surface area contributed by atoms with Crippen molar-refractivity contribution in [3.05, 3.63) is 36.2 Å². The van der Waals surface area contributed by atoms with Crippen LogP contribution >= 0.6 is 11.8 Å². The Hall–Kier alpha value is -1.95. The van der Waals surface area contributed by atoms with Gasteiger partial charge in [-0.15, -0.1) is 0 Å². The fourth-order valence-electron chi connectivity index (χ4n) is 1.45. The minimum Gasteiger partial charge on any atom is -0.440 e. The van der Waals surface area contributed by atoms with Crippen molar-refractivity contribution < 1.29 is 9.21 Å². The minimum atomic E-state index is -0.306. The molecule has 0 spiro atoms. The quantitative estimate of drug-likeness (QED) is 0.663. The van der Waals surface area contributed by atoms with Crippen molar-refractivity contribution in [3.63, 3.8) is 0 Å². The number of carbonyl (C=O) groups is 1. The standard InChI is InChI=1S/C13H15N3O2S/c1-8-7-18-13(15-8)19-9(2)12(17)16-11-5-3-4-10(14)6-11/h3-7,9H,14H2,1-2H3,(H,16,17). The minimum absolute atomic E-state index is 0.119. The SMILES string of the molecule is Cc1coc(SC(C)C(=O)Nc2cccc(N)c2)n1. The molecule has 6 heteroatoms. The summed E-state index contributed by atoms with van der Waals surface area (Å²) in [5, 5.41) is 2.99. The van der Waals surface area contributed by atoms with Crippen LogP contribution in [0.5, 0.6) is 0 Å². The van der Waals surface area contributed by atoms with Crippen LogP contribution in [0, 0.1) is 6.92 Å². The molecule has 1 unspecified atom stereocenters. The van der Waals surface area contributed by atoms with Crippen LogP contribution in [0.4, 0.5) is 11.4 Å². The van der Waals surface area contributed by atoms with Crippen LogP contribution in [0.25, 0.3) is 0 Å². The zero-order valence-electron chi connectivity index (χ0n) is 10.7. The van der Waals surface area contributed by atoms with Gasteiger partial charge in [-0.1, -0.05) is 17.8 Å². The van der Waals surface area contributed by atoms with Gasteiger partial charge in [-0.25, -0.2) is 4.98 Å². The third-order valence-corrected chi connectivity index (χ3v) is 3.36. The summed E-state index contributed by atoms with van der Waals surface area (Å²) < 4.78 is 5.21. The van der Waals surface area contributed by atoms with E-state index in [0.717, 1.165) is 5.69 Å². The van der Waals surface area contributed by atoms with Crippen molar-refractivity contribution in [2.75, 3.05) is 11.1 Å². The largest absolute Gasteiger partial charge is 0.440 e. The fourth-order valence-corrected chi connectivity index (χ4v) is 2.22. The van der Waals surface area contributed by atoms with Crippen LogP contribution in [-0.4, -0.2) is 16.1 Å². The number of thioether (sulfide) groups is 1. The number of aromatic nitrogens is 1. The number of rotatable bonds is 4. The maximum atomic E-state index is 12.0. The molecule has 0 saturated carbocycles. The molecule has 0 aliphatic heterocycles. The Balaban J connectivity index is 1.96. The van der Waals surface area contributed by atoms with E-state index in [-0.39, 0.29) is 11.2 Å². The Morgan fingerprint density at radius 3 is 2.95 bits per heavy atom. The topological polar surface area (TPSA) is 81.2 Å². The smallest absolute Gasteiger partial charge is 0.256 e. The number of carbonyl (C=O) groups excluding carboxylic acids is 1. The number of anilines is 2. The van der Waals surface area contributed by atoms with Gasteiger partial charge in [0.15, 0.2) is 0 Å². The Bertz CT molecular complexity index is 583. The van der Waals surface area contributed by atoms with E-state index in [1.807, 2.05) is 6.92 Å². The average molecular weight is 277 g/mol. The van der Waals surface area contributed by atoms with E-state index in [2.05, 4.69) is 10.3 Å². The van der Waals surface area contributed by atoms with Gasteiger partial charge >= 0.3 is 0 Å². The molecule has 1 aromatic carbocycles. The highest BCUT2D eigenvalue weighted by Crippen LogP contribution is 2.23. The summed E-state index contributed by atoms with van der Waals surface area (Å²) in [5.41, 5.74) is 7.75. The van der Waals surface area contributed by atoms with E-state index in [1.165, 1.54) is 11.8 Å². The lowest BCUT2D eigenvalue weighted by Gasteiger charge is -2.10. The molecule has 100 valence electrons. The number of hydrogen-bond donors (Lipinski definition) is 2. The van der Waals surface area contributed by atoms with Crippen LogP contribution in [-0.2, 0) is 4.79 Å².